The van der Waals surface area contributed by atoms with E-state index in [1.807, 2.05) is 26.8 Å². The Morgan fingerprint density at radius 1 is 1.19 bits per heavy atom. The minimum absolute atomic E-state index is 0.134. The molecule has 3 aromatic rings. The summed E-state index contributed by atoms with van der Waals surface area (Å²) in [6.45, 7) is 7.89. The van der Waals surface area contributed by atoms with Crippen molar-refractivity contribution in [3.63, 3.8) is 0 Å². The third-order valence-corrected chi connectivity index (χ3v) is 6.09. The Balaban J connectivity index is 1.46. The van der Waals surface area contributed by atoms with Gasteiger partial charge in [0.1, 0.15) is 11.5 Å². The largest absolute Gasteiger partial charge is 0.350 e. The summed E-state index contributed by atoms with van der Waals surface area (Å²) in [5.74, 6) is -0.937. The van der Waals surface area contributed by atoms with Crippen molar-refractivity contribution in [1.82, 2.24) is 20.1 Å². The monoisotopic (exact) mass is 423 g/mol. The van der Waals surface area contributed by atoms with Crippen LogP contribution in [0.1, 0.15) is 40.8 Å². The second-order valence-corrected chi connectivity index (χ2v) is 8.18. The van der Waals surface area contributed by atoms with Crippen LogP contribution >= 0.6 is 0 Å². The fraction of sp³-hybridized carbons (Fsp3) is 0.348. The number of carbonyl (C=O) groups is 2. The Morgan fingerprint density at radius 3 is 2.65 bits per heavy atom. The van der Waals surface area contributed by atoms with E-state index in [2.05, 4.69) is 20.5 Å². The number of likely N-dealkylation sites (tertiary alicyclic amines) is 1. The van der Waals surface area contributed by atoms with Gasteiger partial charge in [0.25, 0.3) is 5.91 Å². The molecule has 1 aliphatic rings. The van der Waals surface area contributed by atoms with Crippen molar-refractivity contribution >= 4 is 17.5 Å². The number of carbonyl (C=O) groups excluding carboxylic acids is 2. The molecular weight excluding hydrogens is 397 g/mol. The average molecular weight is 423 g/mol. The second kappa shape index (κ2) is 8.02. The van der Waals surface area contributed by atoms with Gasteiger partial charge in [-0.05, 0) is 70.0 Å². The standard InChI is InChI=1S/C23H26FN5O2/c1-12-11-16(5-6-18(12)24)25-22(30)17-9-10-29(15(17)4)23(31)20-8-7-19(26-20)21-13(2)27-28-14(21)3/h5-8,11,15,17,26H,9-10H2,1-4H3,(H,25,30)(H,27,28)/t15-,17-/m0/s1. The minimum Gasteiger partial charge on any atom is -0.350 e. The first-order chi connectivity index (χ1) is 14.8. The van der Waals surface area contributed by atoms with Crippen LogP contribution in [0.15, 0.2) is 30.3 Å². The van der Waals surface area contributed by atoms with Gasteiger partial charge in [-0.2, -0.15) is 5.10 Å². The van der Waals surface area contributed by atoms with Gasteiger partial charge in [0.05, 0.1) is 11.6 Å². The van der Waals surface area contributed by atoms with E-state index in [1.165, 1.54) is 6.07 Å². The lowest BCUT2D eigenvalue weighted by atomic mass is 10.0. The van der Waals surface area contributed by atoms with Gasteiger partial charge in [0.2, 0.25) is 5.91 Å². The van der Waals surface area contributed by atoms with Gasteiger partial charge in [0, 0.05) is 35.2 Å². The van der Waals surface area contributed by atoms with Crippen LogP contribution in [0.3, 0.4) is 0 Å². The van der Waals surface area contributed by atoms with E-state index in [1.54, 1.807) is 30.0 Å². The number of nitrogens with zero attached hydrogens (tertiary/aromatic N) is 2. The van der Waals surface area contributed by atoms with Gasteiger partial charge >= 0.3 is 0 Å². The van der Waals surface area contributed by atoms with Crippen molar-refractivity contribution in [3.05, 3.63) is 58.8 Å². The zero-order valence-corrected chi connectivity index (χ0v) is 18.0. The lowest BCUT2D eigenvalue weighted by molar-refractivity contribution is -0.120. The van der Waals surface area contributed by atoms with Crippen molar-refractivity contribution in [2.45, 2.75) is 40.2 Å². The molecule has 162 valence electrons. The molecule has 8 heteroatoms. The van der Waals surface area contributed by atoms with Gasteiger partial charge in [-0.1, -0.05) is 0 Å². The van der Waals surface area contributed by atoms with Gasteiger partial charge in [-0.3, -0.25) is 14.7 Å². The summed E-state index contributed by atoms with van der Waals surface area (Å²) >= 11 is 0. The summed E-state index contributed by atoms with van der Waals surface area (Å²) in [6.07, 6.45) is 0.576. The number of aryl methyl sites for hydroxylation is 3. The molecule has 0 aliphatic carbocycles. The van der Waals surface area contributed by atoms with Crippen molar-refractivity contribution in [1.29, 1.82) is 0 Å². The highest BCUT2D eigenvalue weighted by Crippen LogP contribution is 2.29. The first-order valence-corrected chi connectivity index (χ1v) is 10.3. The summed E-state index contributed by atoms with van der Waals surface area (Å²) in [5.41, 5.74) is 5.10. The van der Waals surface area contributed by atoms with E-state index in [4.69, 9.17) is 0 Å². The molecule has 7 nitrogen and oxygen atoms in total. The van der Waals surface area contributed by atoms with Crippen molar-refractivity contribution in [2.75, 3.05) is 11.9 Å². The highest BCUT2D eigenvalue weighted by atomic mass is 19.1. The predicted octanol–water partition coefficient (Wildman–Crippen LogP) is 3.96. The van der Waals surface area contributed by atoms with Gasteiger partial charge in [-0.25, -0.2) is 4.39 Å². The molecule has 0 saturated carbocycles. The Hall–Kier alpha value is -3.42. The fourth-order valence-corrected chi connectivity index (χ4v) is 4.30. The van der Waals surface area contributed by atoms with Gasteiger partial charge < -0.3 is 15.2 Å². The molecule has 3 N–H and O–H groups in total. The molecule has 0 unspecified atom stereocenters. The van der Waals surface area contributed by atoms with Crippen LogP contribution in [0.2, 0.25) is 0 Å². The Bertz CT molecular complexity index is 1130. The molecule has 3 heterocycles. The van der Waals surface area contributed by atoms with Crippen molar-refractivity contribution in [3.8, 4) is 11.3 Å². The normalized spacial score (nSPS) is 18.4. The summed E-state index contributed by atoms with van der Waals surface area (Å²) in [5, 5.41) is 10.0. The Morgan fingerprint density at radius 2 is 1.97 bits per heavy atom. The third kappa shape index (κ3) is 3.85. The first kappa shape index (κ1) is 20.8. The first-order valence-electron chi connectivity index (χ1n) is 10.3. The van der Waals surface area contributed by atoms with Crippen LogP contribution in [0.4, 0.5) is 10.1 Å². The maximum Gasteiger partial charge on any atom is 0.270 e. The third-order valence-electron chi connectivity index (χ3n) is 6.09. The molecule has 2 aromatic heterocycles. The number of aromatic nitrogens is 3. The number of halogens is 1. The lowest BCUT2D eigenvalue weighted by Crippen LogP contribution is -2.39. The maximum atomic E-state index is 13.5. The summed E-state index contributed by atoms with van der Waals surface area (Å²) in [4.78, 5) is 30.8. The highest BCUT2D eigenvalue weighted by Gasteiger charge is 2.38. The molecule has 1 fully saturated rings. The maximum absolute atomic E-state index is 13.5. The molecule has 0 radical (unpaired) electrons. The van der Waals surface area contributed by atoms with E-state index in [0.717, 1.165) is 22.6 Å². The molecule has 4 rings (SSSR count). The van der Waals surface area contributed by atoms with Crippen LogP contribution in [-0.2, 0) is 4.79 Å². The number of nitrogens with one attached hydrogen (secondary N) is 3. The molecule has 0 bridgehead atoms. The number of rotatable bonds is 4. The zero-order valence-electron chi connectivity index (χ0n) is 18.0. The quantitative estimate of drug-likeness (QED) is 0.593. The molecule has 2 atom stereocenters. The molecular formula is C23H26FN5O2. The lowest BCUT2D eigenvalue weighted by Gasteiger charge is -2.24. The van der Waals surface area contributed by atoms with E-state index in [0.29, 0.717) is 29.9 Å². The van der Waals surface area contributed by atoms with E-state index in [-0.39, 0.29) is 29.6 Å². The van der Waals surface area contributed by atoms with Crippen molar-refractivity contribution in [2.24, 2.45) is 5.92 Å². The number of aromatic amines is 2. The SMILES string of the molecule is Cc1cc(NC(=O)[C@H]2CCN(C(=O)c3ccc(-c4c(C)n[nH]c4C)[nH]3)[C@H]2C)ccc1F. The average Bonchev–Trinajstić information content (AvgIpc) is 3.43. The zero-order chi connectivity index (χ0) is 22.3. The van der Waals surface area contributed by atoms with E-state index >= 15 is 0 Å². The Labute approximate surface area is 180 Å². The van der Waals surface area contributed by atoms with Crippen LogP contribution in [-0.4, -0.2) is 44.5 Å². The number of hydrogen-bond acceptors (Lipinski definition) is 3. The predicted molar refractivity (Wildman–Crippen MR) is 116 cm³/mol. The fourth-order valence-electron chi connectivity index (χ4n) is 4.30. The van der Waals surface area contributed by atoms with Gasteiger partial charge in [0.15, 0.2) is 0 Å². The minimum atomic E-state index is -0.331. The van der Waals surface area contributed by atoms with E-state index in [9.17, 15) is 14.0 Å². The topological polar surface area (TPSA) is 93.9 Å². The smallest absolute Gasteiger partial charge is 0.270 e. The van der Waals surface area contributed by atoms with Crippen LogP contribution in [0.5, 0.6) is 0 Å². The van der Waals surface area contributed by atoms with Crippen molar-refractivity contribution < 1.29 is 14.0 Å². The summed E-state index contributed by atoms with van der Waals surface area (Å²) < 4.78 is 13.5. The summed E-state index contributed by atoms with van der Waals surface area (Å²) in [6, 6.07) is 7.88. The number of H-pyrrole nitrogens is 2. The molecule has 0 spiro atoms. The summed E-state index contributed by atoms with van der Waals surface area (Å²) in [7, 11) is 0. The molecule has 31 heavy (non-hydrogen) atoms. The number of anilines is 1. The molecule has 1 saturated heterocycles. The molecule has 2 amide bonds. The molecule has 1 aromatic carbocycles. The second-order valence-electron chi connectivity index (χ2n) is 8.18. The Kier molecular flexibility index (Phi) is 5.39. The van der Waals surface area contributed by atoms with E-state index < -0.39 is 0 Å². The number of amides is 2. The highest BCUT2D eigenvalue weighted by molar-refractivity contribution is 5.97. The van der Waals surface area contributed by atoms with Crippen LogP contribution in [0.25, 0.3) is 11.3 Å². The van der Waals surface area contributed by atoms with Crippen LogP contribution in [0, 0.1) is 32.5 Å². The number of benzene rings is 1. The number of hydrogen-bond donors (Lipinski definition) is 3. The molecule has 1 aliphatic heterocycles. The van der Waals surface area contributed by atoms with Gasteiger partial charge in [-0.15, -0.1) is 0 Å². The van der Waals surface area contributed by atoms with Crippen LogP contribution < -0.4 is 5.32 Å².